The molecule has 1 aromatic carbocycles. The van der Waals surface area contributed by atoms with Crippen LogP contribution in [-0.4, -0.2) is 6.61 Å². The van der Waals surface area contributed by atoms with Crippen molar-refractivity contribution in [3.8, 4) is 18.1 Å². The molecular weight excluding hydrogens is 210 g/mol. The van der Waals surface area contributed by atoms with Crippen molar-refractivity contribution in [1.82, 2.24) is 0 Å². The van der Waals surface area contributed by atoms with Crippen LogP contribution < -0.4 is 10.5 Å². The number of fused-ring (bicyclic) bond motifs is 1. The van der Waals surface area contributed by atoms with Crippen molar-refractivity contribution in [3.05, 3.63) is 29.3 Å². The highest BCUT2D eigenvalue weighted by molar-refractivity contribution is 5.43. The first-order valence-electron chi connectivity index (χ1n) is 6.26. The predicted molar refractivity (Wildman–Crippen MR) is 69.9 cm³/mol. The molecule has 1 aliphatic rings. The molecule has 0 heterocycles. The van der Waals surface area contributed by atoms with Gasteiger partial charge in [0.1, 0.15) is 5.75 Å². The molecule has 2 N–H and O–H groups in total. The van der Waals surface area contributed by atoms with E-state index in [9.17, 15) is 0 Å². The number of ether oxygens (including phenoxy) is 1. The summed E-state index contributed by atoms with van der Waals surface area (Å²) < 4.78 is 5.80. The topological polar surface area (TPSA) is 35.2 Å². The summed E-state index contributed by atoms with van der Waals surface area (Å²) in [6, 6.07) is 6.36. The normalized spacial score (nSPS) is 18.2. The first kappa shape index (κ1) is 12.0. The maximum Gasteiger partial charge on any atom is 0.122 e. The molecule has 2 rings (SSSR count). The van der Waals surface area contributed by atoms with Crippen molar-refractivity contribution in [1.29, 1.82) is 0 Å². The van der Waals surface area contributed by atoms with E-state index in [1.807, 2.05) is 12.1 Å². The van der Waals surface area contributed by atoms with E-state index in [2.05, 4.69) is 12.0 Å². The minimum Gasteiger partial charge on any atom is -0.493 e. The standard InChI is InChI=1S/C15H19NO/c1-2-3-4-11-17-15-10-6-7-12-13(15)8-5-9-14(12)16/h1,6-7,10,14H,3-5,8-9,11,16H2. The molecule has 90 valence electrons. The highest BCUT2D eigenvalue weighted by Crippen LogP contribution is 2.33. The van der Waals surface area contributed by atoms with E-state index >= 15 is 0 Å². The third-order valence-electron chi connectivity index (χ3n) is 3.23. The Balaban J connectivity index is 2.07. The molecule has 0 aromatic heterocycles. The van der Waals surface area contributed by atoms with Crippen LogP contribution in [-0.2, 0) is 6.42 Å². The van der Waals surface area contributed by atoms with E-state index in [-0.39, 0.29) is 6.04 Å². The average molecular weight is 229 g/mol. The third-order valence-corrected chi connectivity index (χ3v) is 3.23. The van der Waals surface area contributed by atoms with Crippen LogP contribution in [0.3, 0.4) is 0 Å². The molecule has 0 spiro atoms. The van der Waals surface area contributed by atoms with Crippen molar-refractivity contribution >= 4 is 0 Å². The van der Waals surface area contributed by atoms with Crippen LogP contribution in [0.5, 0.6) is 5.75 Å². The van der Waals surface area contributed by atoms with Gasteiger partial charge in [0, 0.05) is 12.5 Å². The highest BCUT2D eigenvalue weighted by Gasteiger charge is 2.19. The monoisotopic (exact) mass is 229 g/mol. The Morgan fingerprint density at radius 1 is 1.47 bits per heavy atom. The number of terminal acetylenes is 1. The highest BCUT2D eigenvalue weighted by atomic mass is 16.5. The number of hydrogen-bond donors (Lipinski definition) is 1. The summed E-state index contributed by atoms with van der Waals surface area (Å²) in [5, 5.41) is 0. The Morgan fingerprint density at radius 2 is 2.35 bits per heavy atom. The van der Waals surface area contributed by atoms with E-state index in [1.54, 1.807) is 0 Å². The molecule has 1 aliphatic carbocycles. The molecule has 2 heteroatoms. The van der Waals surface area contributed by atoms with Crippen LogP contribution >= 0.6 is 0 Å². The second-order valence-corrected chi connectivity index (χ2v) is 4.48. The smallest absolute Gasteiger partial charge is 0.122 e. The van der Waals surface area contributed by atoms with E-state index in [1.165, 1.54) is 11.1 Å². The van der Waals surface area contributed by atoms with Gasteiger partial charge in [-0.15, -0.1) is 12.3 Å². The molecule has 1 atom stereocenters. The summed E-state index contributed by atoms with van der Waals surface area (Å²) in [5.74, 6) is 3.62. The summed E-state index contributed by atoms with van der Waals surface area (Å²) in [7, 11) is 0. The molecule has 1 aromatic rings. The minimum absolute atomic E-state index is 0.174. The third kappa shape index (κ3) is 2.81. The summed E-state index contributed by atoms with van der Waals surface area (Å²) >= 11 is 0. The van der Waals surface area contributed by atoms with Crippen molar-refractivity contribution in [2.45, 2.75) is 38.1 Å². The van der Waals surface area contributed by atoms with Gasteiger partial charge in [-0.3, -0.25) is 0 Å². The Hall–Kier alpha value is -1.46. The van der Waals surface area contributed by atoms with E-state index in [0.29, 0.717) is 6.61 Å². The maximum atomic E-state index is 6.11. The molecule has 17 heavy (non-hydrogen) atoms. The number of unbranched alkanes of at least 4 members (excludes halogenated alkanes) is 1. The van der Waals surface area contributed by atoms with Gasteiger partial charge in [-0.25, -0.2) is 0 Å². The molecule has 0 amide bonds. The molecule has 0 radical (unpaired) electrons. The first-order chi connectivity index (χ1) is 8.33. The van der Waals surface area contributed by atoms with Crippen LogP contribution in [0.4, 0.5) is 0 Å². The number of nitrogens with two attached hydrogens (primary N) is 1. The molecule has 1 unspecified atom stereocenters. The molecule has 0 bridgehead atoms. The van der Waals surface area contributed by atoms with Gasteiger partial charge in [0.25, 0.3) is 0 Å². The first-order valence-corrected chi connectivity index (χ1v) is 6.26. The average Bonchev–Trinajstić information content (AvgIpc) is 2.36. The summed E-state index contributed by atoms with van der Waals surface area (Å²) in [5.41, 5.74) is 8.66. The molecule has 0 fully saturated rings. The lowest BCUT2D eigenvalue weighted by Gasteiger charge is -2.24. The Bertz CT molecular complexity index is 419. The van der Waals surface area contributed by atoms with Crippen LogP contribution in [0.1, 0.15) is 42.9 Å². The molecule has 0 saturated heterocycles. The zero-order chi connectivity index (χ0) is 12.1. The zero-order valence-corrected chi connectivity index (χ0v) is 10.1. The largest absolute Gasteiger partial charge is 0.493 e. The Morgan fingerprint density at radius 3 is 3.18 bits per heavy atom. The van der Waals surface area contributed by atoms with Gasteiger partial charge in [-0.05, 0) is 42.9 Å². The van der Waals surface area contributed by atoms with Crippen LogP contribution in [0.25, 0.3) is 0 Å². The quantitative estimate of drug-likeness (QED) is 0.636. The molecule has 0 aliphatic heterocycles. The van der Waals surface area contributed by atoms with Crippen LogP contribution in [0.2, 0.25) is 0 Å². The van der Waals surface area contributed by atoms with E-state index in [0.717, 1.165) is 37.9 Å². The summed E-state index contributed by atoms with van der Waals surface area (Å²) in [4.78, 5) is 0. The Labute approximate surface area is 103 Å². The van der Waals surface area contributed by atoms with Gasteiger partial charge in [-0.1, -0.05) is 12.1 Å². The lowest BCUT2D eigenvalue weighted by molar-refractivity contribution is 0.307. The van der Waals surface area contributed by atoms with Gasteiger partial charge in [0.2, 0.25) is 0 Å². The summed E-state index contributed by atoms with van der Waals surface area (Å²) in [6.45, 7) is 0.690. The number of benzene rings is 1. The SMILES string of the molecule is C#CCCCOc1cccc2c1CCCC2N. The fourth-order valence-electron chi connectivity index (χ4n) is 2.34. The Kier molecular flexibility index (Phi) is 4.06. The lowest BCUT2D eigenvalue weighted by Crippen LogP contribution is -2.18. The summed E-state index contributed by atoms with van der Waals surface area (Å²) in [6.07, 6.45) is 10.2. The van der Waals surface area contributed by atoms with Crippen LogP contribution in [0, 0.1) is 12.3 Å². The molecule has 2 nitrogen and oxygen atoms in total. The second-order valence-electron chi connectivity index (χ2n) is 4.48. The van der Waals surface area contributed by atoms with Crippen molar-refractivity contribution in [2.24, 2.45) is 5.73 Å². The predicted octanol–water partition coefficient (Wildman–Crippen LogP) is 2.81. The van der Waals surface area contributed by atoms with Gasteiger partial charge >= 0.3 is 0 Å². The maximum absolute atomic E-state index is 6.11. The second kappa shape index (κ2) is 5.75. The van der Waals surface area contributed by atoms with Crippen LogP contribution in [0.15, 0.2) is 18.2 Å². The lowest BCUT2D eigenvalue weighted by atomic mass is 9.87. The molecule has 0 saturated carbocycles. The fourth-order valence-corrected chi connectivity index (χ4v) is 2.34. The molecular formula is C15H19NO. The van der Waals surface area contributed by atoms with Crippen molar-refractivity contribution < 1.29 is 4.74 Å². The van der Waals surface area contributed by atoms with Crippen molar-refractivity contribution in [2.75, 3.05) is 6.61 Å². The van der Waals surface area contributed by atoms with Gasteiger partial charge in [-0.2, -0.15) is 0 Å². The zero-order valence-electron chi connectivity index (χ0n) is 10.1. The number of rotatable bonds is 4. The van der Waals surface area contributed by atoms with Gasteiger partial charge < -0.3 is 10.5 Å². The van der Waals surface area contributed by atoms with Crippen molar-refractivity contribution in [3.63, 3.8) is 0 Å². The van der Waals surface area contributed by atoms with E-state index in [4.69, 9.17) is 16.9 Å². The fraction of sp³-hybridized carbons (Fsp3) is 0.467. The van der Waals surface area contributed by atoms with Gasteiger partial charge in [0.15, 0.2) is 0 Å². The van der Waals surface area contributed by atoms with E-state index < -0.39 is 0 Å². The minimum atomic E-state index is 0.174. The van der Waals surface area contributed by atoms with Gasteiger partial charge in [0.05, 0.1) is 6.61 Å². The number of hydrogen-bond acceptors (Lipinski definition) is 2.